The van der Waals surface area contributed by atoms with E-state index in [-0.39, 0.29) is 23.8 Å². The third-order valence-electron chi connectivity index (χ3n) is 4.77. The minimum atomic E-state index is -0.145. The fourth-order valence-electron chi connectivity index (χ4n) is 3.35. The molecule has 0 aromatic heterocycles. The van der Waals surface area contributed by atoms with Crippen molar-refractivity contribution in [2.75, 3.05) is 26.2 Å². The Hall–Kier alpha value is -2.39. The van der Waals surface area contributed by atoms with E-state index in [4.69, 9.17) is 5.26 Å². The summed E-state index contributed by atoms with van der Waals surface area (Å²) in [6.07, 6.45) is 2.97. The minimum absolute atomic E-state index is 0.111. The number of benzene rings is 1. The smallest absolute Gasteiger partial charge is 0.251 e. The van der Waals surface area contributed by atoms with Crippen LogP contribution >= 0.6 is 0 Å². The number of likely N-dealkylation sites (tertiary alicyclic amines) is 1. The second kappa shape index (κ2) is 7.45. The number of carbonyl (C=O) groups is 2. The molecule has 0 bridgehead atoms. The zero-order chi connectivity index (χ0) is 16.9. The van der Waals surface area contributed by atoms with Gasteiger partial charge in [-0.25, -0.2) is 0 Å². The van der Waals surface area contributed by atoms with Crippen LogP contribution in [-0.2, 0) is 4.79 Å². The van der Waals surface area contributed by atoms with Gasteiger partial charge in [0.2, 0.25) is 5.91 Å². The summed E-state index contributed by atoms with van der Waals surface area (Å²) in [5.41, 5.74) is 1.08. The van der Waals surface area contributed by atoms with Crippen molar-refractivity contribution in [2.45, 2.75) is 25.3 Å². The second-order valence-corrected chi connectivity index (χ2v) is 6.49. The van der Waals surface area contributed by atoms with Crippen molar-refractivity contribution in [3.8, 4) is 6.07 Å². The first-order chi connectivity index (χ1) is 11.7. The summed E-state index contributed by atoms with van der Waals surface area (Å²) in [7, 11) is 0. The van der Waals surface area contributed by atoms with Gasteiger partial charge in [-0.3, -0.25) is 9.59 Å². The average Bonchev–Trinajstić information content (AvgIpc) is 3.31. The number of rotatable bonds is 4. The molecule has 2 aliphatic rings. The van der Waals surface area contributed by atoms with E-state index < -0.39 is 0 Å². The van der Waals surface area contributed by atoms with Crippen molar-refractivity contribution >= 4 is 11.8 Å². The SMILES string of the molecule is N#Cc1ccc(C(=O)NC[C@@H]2CN[C@H](C(=O)N3CCCC3)C2)cc1. The summed E-state index contributed by atoms with van der Waals surface area (Å²) < 4.78 is 0. The largest absolute Gasteiger partial charge is 0.352 e. The molecule has 0 aliphatic carbocycles. The molecular formula is C18H22N4O2. The van der Waals surface area contributed by atoms with Crippen molar-refractivity contribution in [1.82, 2.24) is 15.5 Å². The lowest BCUT2D eigenvalue weighted by molar-refractivity contribution is -0.132. The molecule has 6 heteroatoms. The van der Waals surface area contributed by atoms with E-state index in [2.05, 4.69) is 10.6 Å². The second-order valence-electron chi connectivity index (χ2n) is 6.49. The summed E-state index contributed by atoms with van der Waals surface area (Å²) in [6.45, 7) is 3.04. The van der Waals surface area contributed by atoms with Crippen LogP contribution in [0, 0.1) is 17.2 Å². The van der Waals surface area contributed by atoms with E-state index in [9.17, 15) is 9.59 Å². The maximum Gasteiger partial charge on any atom is 0.251 e. The highest BCUT2D eigenvalue weighted by Crippen LogP contribution is 2.18. The monoisotopic (exact) mass is 326 g/mol. The molecule has 2 saturated heterocycles. The molecule has 126 valence electrons. The van der Waals surface area contributed by atoms with Gasteiger partial charge in [0, 0.05) is 31.7 Å². The predicted molar refractivity (Wildman–Crippen MR) is 89.2 cm³/mol. The van der Waals surface area contributed by atoms with Crippen LogP contribution in [-0.4, -0.2) is 48.9 Å². The van der Waals surface area contributed by atoms with Crippen LogP contribution in [0.5, 0.6) is 0 Å². The number of hydrogen-bond acceptors (Lipinski definition) is 4. The van der Waals surface area contributed by atoms with E-state index in [1.165, 1.54) is 0 Å². The van der Waals surface area contributed by atoms with Crippen molar-refractivity contribution < 1.29 is 9.59 Å². The van der Waals surface area contributed by atoms with Crippen LogP contribution in [0.1, 0.15) is 35.2 Å². The van der Waals surface area contributed by atoms with Gasteiger partial charge in [0.05, 0.1) is 17.7 Å². The molecule has 0 unspecified atom stereocenters. The summed E-state index contributed by atoms with van der Waals surface area (Å²) in [4.78, 5) is 26.4. The fraction of sp³-hybridized carbons (Fsp3) is 0.500. The molecule has 2 heterocycles. The van der Waals surface area contributed by atoms with Crippen molar-refractivity contribution in [1.29, 1.82) is 5.26 Å². The topological polar surface area (TPSA) is 85.2 Å². The summed E-state index contributed by atoms with van der Waals surface area (Å²) in [5, 5.41) is 15.0. The zero-order valence-electron chi connectivity index (χ0n) is 13.6. The number of nitrogens with one attached hydrogen (secondary N) is 2. The van der Waals surface area contributed by atoms with E-state index in [1.54, 1.807) is 24.3 Å². The van der Waals surface area contributed by atoms with Gasteiger partial charge in [-0.05, 0) is 49.4 Å². The van der Waals surface area contributed by atoms with Crippen LogP contribution in [0.3, 0.4) is 0 Å². The Morgan fingerprint density at radius 3 is 2.62 bits per heavy atom. The molecule has 2 atom stereocenters. The van der Waals surface area contributed by atoms with Crippen molar-refractivity contribution in [3.63, 3.8) is 0 Å². The van der Waals surface area contributed by atoms with Gasteiger partial charge in [0.15, 0.2) is 0 Å². The van der Waals surface area contributed by atoms with Gasteiger partial charge >= 0.3 is 0 Å². The van der Waals surface area contributed by atoms with Crippen LogP contribution in [0.4, 0.5) is 0 Å². The van der Waals surface area contributed by atoms with Crippen molar-refractivity contribution in [3.05, 3.63) is 35.4 Å². The third-order valence-corrected chi connectivity index (χ3v) is 4.77. The molecule has 1 aromatic carbocycles. The molecule has 1 aromatic rings. The molecule has 2 fully saturated rings. The highest BCUT2D eigenvalue weighted by Gasteiger charge is 2.33. The van der Waals surface area contributed by atoms with Gasteiger partial charge in [0.25, 0.3) is 5.91 Å². The van der Waals surface area contributed by atoms with Crippen molar-refractivity contribution in [2.24, 2.45) is 5.92 Å². The van der Waals surface area contributed by atoms with Crippen LogP contribution in [0.15, 0.2) is 24.3 Å². The number of nitrogens with zero attached hydrogens (tertiary/aromatic N) is 2. The minimum Gasteiger partial charge on any atom is -0.352 e. The van der Waals surface area contributed by atoms with E-state index >= 15 is 0 Å². The Kier molecular flexibility index (Phi) is 5.11. The standard InChI is InChI=1S/C18H22N4O2/c19-10-13-3-5-15(6-4-13)17(23)21-12-14-9-16(20-11-14)18(24)22-7-1-2-8-22/h3-6,14,16,20H,1-2,7-9,11-12H2,(H,21,23)/t14-,16-/m0/s1. The Bertz CT molecular complexity index is 644. The lowest BCUT2D eigenvalue weighted by Crippen LogP contribution is -2.42. The van der Waals surface area contributed by atoms with Crippen LogP contribution in [0.25, 0.3) is 0 Å². The zero-order valence-corrected chi connectivity index (χ0v) is 13.6. The lowest BCUT2D eigenvalue weighted by atomic mass is 10.0. The molecular weight excluding hydrogens is 304 g/mol. The van der Waals surface area contributed by atoms with Gasteiger partial charge in [0.1, 0.15) is 0 Å². The first-order valence-corrected chi connectivity index (χ1v) is 8.48. The average molecular weight is 326 g/mol. The maximum atomic E-state index is 12.4. The molecule has 3 rings (SSSR count). The van der Waals surface area contributed by atoms with E-state index in [0.29, 0.717) is 17.7 Å². The number of carbonyl (C=O) groups excluding carboxylic acids is 2. The molecule has 6 nitrogen and oxygen atoms in total. The molecule has 2 aliphatic heterocycles. The molecule has 0 spiro atoms. The highest BCUT2D eigenvalue weighted by atomic mass is 16.2. The van der Waals surface area contributed by atoms with Crippen LogP contribution in [0.2, 0.25) is 0 Å². The molecule has 0 saturated carbocycles. The third kappa shape index (κ3) is 3.74. The highest BCUT2D eigenvalue weighted by molar-refractivity contribution is 5.94. The number of hydrogen-bond donors (Lipinski definition) is 2. The number of amides is 2. The fourth-order valence-corrected chi connectivity index (χ4v) is 3.35. The Morgan fingerprint density at radius 1 is 1.25 bits per heavy atom. The first-order valence-electron chi connectivity index (χ1n) is 8.48. The van der Waals surface area contributed by atoms with E-state index in [0.717, 1.165) is 38.9 Å². The molecule has 24 heavy (non-hydrogen) atoms. The summed E-state index contributed by atoms with van der Waals surface area (Å²) >= 11 is 0. The summed E-state index contributed by atoms with van der Waals surface area (Å²) in [5.74, 6) is 0.325. The molecule has 0 radical (unpaired) electrons. The van der Waals surface area contributed by atoms with Gasteiger partial charge in [-0.1, -0.05) is 0 Å². The van der Waals surface area contributed by atoms with Gasteiger partial charge in [-0.2, -0.15) is 5.26 Å². The van der Waals surface area contributed by atoms with Crippen LogP contribution < -0.4 is 10.6 Å². The number of nitriles is 1. The first kappa shape index (κ1) is 16.5. The van der Waals surface area contributed by atoms with E-state index in [1.807, 2.05) is 11.0 Å². The molecule has 2 N–H and O–H groups in total. The molecule has 2 amide bonds. The maximum absolute atomic E-state index is 12.4. The van der Waals surface area contributed by atoms with Gasteiger partial charge < -0.3 is 15.5 Å². The predicted octanol–water partition coefficient (Wildman–Crippen LogP) is 0.889. The quantitative estimate of drug-likeness (QED) is 0.860. The van der Waals surface area contributed by atoms with Gasteiger partial charge in [-0.15, -0.1) is 0 Å². The lowest BCUT2D eigenvalue weighted by Gasteiger charge is -2.20. The Morgan fingerprint density at radius 2 is 1.96 bits per heavy atom. The Labute approximate surface area is 141 Å². The normalized spacial score (nSPS) is 23.0. The summed E-state index contributed by atoms with van der Waals surface area (Å²) in [6, 6.07) is 8.50. The Balaban J connectivity index is 1.46.